The number of amides is 2. The zero-order valence-electron chi connectivity index (χ0n) is 16.2. The molecule has 28 heavy (non-hydrogen) atoms. The van der Waals surface area contributed by atoms with Gasteiger partial charge < -0.3 is 15.5 Å². The Morgan fingerprint density at radius 3 is 2.82 bits per heavy atom. The van der Waals surface area contributed by atoms with Crippen molar-refractivity contribution in [1.29, 1.82) is 0 Å². The number of nitrogens with two attached hydrogens (primary N) is 1. The van der Waals surface area contributed by atoms with E-state index in [1.54, 1.807) is 35.2 Å². The number of piperazine rings is 1. The van der Waals surface area contributed by atoms with Gasteiger partial charge >= 0.3 is 0 Å². The number of terminal acetylenes is 1. The van der Waals surface area contributed by atoms with Gasteiger partial charge in [0, 0.05) is 37.5 Å². The van der Waals surface area contributed by atoms with Crippen molar-refractivity contribution < 1.29 is 9.59 Å². The van der Waals surface area contributed by atoms with Crippen LogP contribution >= 0.6 is 0 Å². The SMILES string of the molecule is C#Cc1cc(-c2cccc(C(=O)N3CCN(C)C(=O)C3CCC)c2)cnc1N. The third-order valence-corrected chi connectivity index (χ3v) is 5.05. The number of carbonyl (C=O) groups excluding carboxylic acids is 2. The van der Waals surface area contributed by atoms with E-state index in [1.807, 2.05) is 25.1 Å². The first-order valence-electron chi connectivity index (χ1n) is 9.34. The lowest BCUT2D eigenvalue weighted by atomic mass is 10.0. The van der Waals surface area contributed by atoms with Crippen LogP contribution < -0.4 is 5.73 Å². The lowest BCUT2D eigenvalue weighted by Crippen LogP contribution is -2.57. The van der Waals surface area contributed by atoms with Gasteiger partial charge in [-0.2, -0.15) is 0 Å². The number of benzene rings is 1. The number of likely N-dealkylation sites (N-methyl/N-ethyl adjacent to an activating group) is 1. The van der Waals surface area contributed by atoms with Gasteiger partial charge in [0.2, 0.25) is 5.91 Å². The van der Waals surface area contributed by atoms with Crippen molar-refractivity contribution in [2.75, 3.05) is 25.9 Å². The first-order chi connectivity index (χ1) is 13.5. The zero-order chi connectivity index (χ0) is 20.3. The van der Waals surface area contributed by atoms with Crippen molar-refractivity contribution in [3.8, 4) is 23.5 Å². The minimum Gasteiger partial charge on any atom is -0.383 e. The molecule has 2 amide bonds. The van der Waals surface area contributed by atoms with Crippen molar-refractivity contribution >= 4 is 17.6 Å². The van der Waals surface area contributed by atoms with Crippen LogP contribution in [-0.2, 0) is 4.79 Å². The Kier molecular flexibility index (Phi) is 5.65. The maximum absolute atomic E-state index is 13.2. The van der Waals surface area contributed by atoms with Crippen molar-refractivity contribution in [1.82, 2.24) is 14.8 Å². The summed E-state index contributed by atoms with van der Waals surface area (Å²) in [6.07, 6.45) is 8.60. The Labute approximate surface area is 165 Å². The molecule has 3 rings (SSSR count). The third-order valence-electron chi connectivity index (χ3n) is 5.05. The highest BCUT2D eigenvalue weighted by Gasteiger charge is 2.35. The first kappa shape index (κ1) is 19.4. The molecular formula is C22H24N4O2. The van der Waals surface area contributed by atoms with Gasteiger partial charge in [-0.15, -0.1) is 6.42 Å². The lowest BCUT2D eigenvalue weighted by molar-refractivity contribution is -0.138. The molecule has 0 saturated carbocycles. The Morgan fingerprint density at radius 1 is 1.32 bits per heavy atom. The maximum atomic E-state index is 13.2. The number of carbonyl (C=O) groups is 2. The number of pyridine rings is 1. The second kappa shape index (κ2) is 8.13. The molecule has 144 valence electrons. The summed E-state index contributed by atoms with van der Waals surface area (Å²) in [4.78, 5) is 33.3. The van der Waals surface area contributed by atoms with Crippen LogP contribution in [-0.4, -0.2) is 52.8 Å². The predicted octanol–water partition coefficient (Wildman–Crippen LogP) is 2.40. The summed E-state index contributed by atoms with van der Waals surface area (Å²) in [5, 5.41) is 0. The highest BCUT2D eigenvalue weighted by Crippen LogP contribution is 2.25. The number of rotatable bonds is 4. The smallest absolute Gasteiger partial charge is 0.254 e. The van der Waals surface area contributed by atoms with E-state index in [0.29, 0.717) is 36.5 Å². The molecule has 1 saturated heterocycles. The summed E-state index contributed by atoms with van der Waals surface area (Å²) in [6.45, 7) is 3.08. The number of nitrogen functional groups attached to an aromatic ring is 1. The van der Waals surface area contributed by atoms with E-state index >= 15 is 0 Å². The second-order valence-corrected chi connectivity index (χ2v) is 6.94. The summed E-state index contributed by atoms with van der Waals surface area (Å²) in [5.41, 5.74) is 8.43. The van der Waals surface area contributed by atoms with E-state index in [0.717, 1.165) is 17.5 Å². The molecule has 0 radical (unpaired) electrons. The predicted molar refractivity (Wildman–Crippen MR) is 109 cm³/mol. The van der Waals surface area contributed by atoms with Crippen LogP contribution in [0.3, 0.4) is 0 Å². The minimum absolute atomic E-state index is 0.000925. The van der Waals surface area contributed by atoms with Crippen LogP contribution in [0.2, 0.25) is 0 Å². The summed E-state index contributed by atoms with van der Waals surface area (Å²) in [7, 11) is 1.78. The Morgan fingerprint density at radius 2 is 2.11 bits per heavy atom. The van der Waals surface area contributed by atoms with Gasteiger partial charge in [-0.1, -0.05) is 31.4 Å². The van der Waals surface area contributed by atoms with Gasteiger partial charge in [0.05, 0.1) is 5.56 Å². The zero-order valence-corrected chi connectivity index (χ0v) is 16.2. The summed E-state index contributed by atoms with van der Waals surface area (Å²) in [6, 6.07) is 8.66. The van der Waals surface area contributed by atoms with Gasteiger partial charge in [-0.05, 0) is 30.2 Å². The van der Waals surface area contributed by atoms with Gasteiger partial charge in [-0.25, -0.2) is 4.98 Å². The highest BCUT2D eigenvalue weighted by atomic mass is 16.2. The fourth-order valence-electron chi connectivity index (χ4n) is 3.45. The summed E-state index contributed by atoms with van der Waals surface area (Å²) < 4.78 is 0. The van der Waals surface area contributed by atoms with Crippen LogP contribution in [0, 0.1) is 12.3 Å². The van der Waals surface area contributed by atoms with E-state index in [9.17, 15) is 9.59 Å². The van der Waals surface area contributed by atoms with Crippen LogP contribution in [0.5, 0.6) is 0 Å². The molecule has 1 aromatic carbocycles. The quantitative estimate of drug-likeness (QED) is 0.831. The molecule has 1 aliphatic heterocycles. The largest absolute Gasteiger partial charge is 0.383 e. The van der Waals surface area contributed by atoms with Crippen LogP contribution in [0.15, 0.2) is 36.5 Å². The molecule has 1 atom stereocenters. The van der Waals surface area contributed by atoms with E-state index in [4.69, 9.17) is 12.2 Å². The van der Waals surface area contributed by atoms with E-state index in [1.165, 1.54) is 0 Å². The van der Waals surface area contributed by atoms with E-state index in [2.05, 4.69) is 10.9 Å². The average molecular weight is 376 g/mol. The number of nitrogens with zero attached hydrogens (tertiary/aromatic N) is 3. The summed E-state index contributed by atoms with van der Waals surface area (Å²) >= 11 is 0. The Hall–Kier alpha value is -3.33. The molecule has 6 heteroatoms. The fraction of sp³-hybridized carbons (Fsp3) is 0.318. The van der Waals surface area contributed by atoms with Crippen LogP contribution in [0.4, 0.5) is 5.82 Å². The van der Waals surface area contributed by atoms with Gasteiger partial charge in [0.15, 0.2) is 0 Å². The Bertz CT molecular complexity index is 948. The minimum atomic E-state index is -0.411. The highest BCUT2D eigenvalue weighted by molar-refractivity contribution is 5.99. The standard InChI is InChI=1S/C22H24N4O2/c1-4-7-19-22(28)25(3)10-11-26(19)21(27)17-9-6-8-16(13-17)18-12-15(5-2)20(23)24-14-18/h2,6,8-9,12-14,19H,4,7,10-11H2,1,3H3,(H2,23,24). The molecule has 1 fully saturated rings. The second-order valence-electron chi connectivity index (χ2n) is 6.94. The molecule has 1 aliphatic rings. The van der Waals surface area contributed by atoms with Gasteiger partial charge in [0.1, 0.15) is 11.9 Å². The average Bonchev–Trinajstić information content (AvgIpc) is 2.71. The number of aromatic nitrogens is 1. The molecular weight excluding hydrogens is 352 g/mol. The van der Waals surface area contributed by atoms with Crippen molar-refractivity contribution in [2.45, 2.75) is 25.8 Å². The molecule has 6 nitrogen and oxygen atoms in total. The maximum Gasteiger partial charge on any atom is 0.254 e. The normalized spacial score (nSPS) is 16.8. The van der Waals surface area contributed by atoms with E-state index < -0.39 is 6.04 Å². The molecule has 0 aliphatic carbocycles. The lowest BCUT2D eigenvalue weighted by Gasteiger charge is -2.39. The van der Waals surface area contributed by atoms with E-state index in [-0.39, 0.29) is 11.8 Å². The van der Waals surface area contributed by atoms with Gasteiger partial charge in [-0.3, -0.25) is 9.59 Å². The van der Waals surface area contributed by atoms with Crippen molar-refractivity contribution in [2.24, 2.45) is 0 Å². The third kappa shape index (κ3) is 3.70. The Balaban J connectivity index is 1.92. The number of hydrogen-bond donors (Lipinski definition) is 1. The molecule has 1 unspecified atom stereocenters. The molecule has 1 aromatic heterocycles. The van der Waals surface area contributed by atoms with Crippen LogP contribution in [0.1, 0.15) is 35.7 Å². The molecule has 2 aromatic rings. The monoisotopic (exact) mass is 376 g/mol. The van der Waals surface area contributed by atoms with Crippen LogP contribution in [0.25, 0.3) is 11.1 Å². The van der Waals surface area contributed by atoms with Crippen molar-refractivity contribution in [3.05, 3.63) is 47.7 Å². The summed E-state index contributed by atoms with van der Waals surface area (Å²) in [5.74, 6) is 2.68. The fourth-order valence-corrected chi connectivity index (χ4v) is 3.45. The molecule has 0 bridgehead atoms. The molecule has 2 N–H and O–H groups in total. The topological polar surface area (TPSA) is 79.5 Å². The molecule has 0 spiro atoms. The molecule has 2 heterocycles. The van der Waals surface area contributed by atoms with Crippen molar-refractivity contribution in [3.63, 3.8) is 0 Å². The number of hydrogen-bond acceptors (Lipinski definition) is 4. The number of anilines is 1. The van der Waals surface area contributed by atoms with Gasteiger partial charge in [0.25, 0.3) is 5.91 Å². The first-order valence-corrected chi connectivity index (χ1v) is 9.34.